The molecule has 1 N–H and O–H groups in total. The van der Waals surface area contributed by atoms with Gasteiger partial charge in [0, 0.05) is 25.2 Å². The average Bonchev–Trinajstić information content (AvgIpc) is 3.48. The number of carbonyl (C=O) groups excluding carboxylic acids is 1. The number of amides is 1. The molecule has 136 valence electrons. The first-order valence-corrected chi connectivity index (χ1v) is 9.53. The van der Waals surface area contributed by atoms with E-state index in [0.717, 1.165) is 44.3 Å². The molecule has 2 fully saturated rings. The molecule has 1 amide bonds. The molecule has 2 aromatic rings. The number of halogens is 1. The summed E-state index contributed by atoms with van der Waals surface area (Å²) in [4.78, 5) is 14.9. The number of piperidine rings is 1. The number of hydrogen-bond acceptors (Lipinski definition) is 2. The zero-order chi connectivity index (χ0) is 17.9. The van der Waals surface area contributed by atoms with E-state index >= 15 is 0 Å². The molecule has 1 saturated carbocycles. The minimum atomic E-state index is -0.214. The molecule has 1 aliphatic carbocycles. The van der Waals surface area contributed by atoms with Gasteiger partial charge in [-0.25, -0.2) is 4.39 Å². The van der Waals surface area contributed by atoms with Gasteiger partial charge in [-0.15, -0.1) is 0 Å². The number of rotatable bonds is 5. The number of nitrogens with one attached hydrogen (secondary N) is 1. The molecular weight excluding hydrogens is 327 g/mol. The van der Waals surface area contributed by atoms with Gasteiger partial charge in [-0.1, -0.05) is 42.5 Å². The highest BCUT2D eigenvalue weighted by Crippen LogP contribution is 2.35. The summed E-state index contributed by atoms with van der Waals surface area (Å²) in [5.74, 6) is 0.0211. The van der Waals surface area contributed by atoms with Gasteiger partial charge in [-0.2, -0.15) is 0 Å². The molecule has 2 unspecified atom stereocenters. The van der Waals surface area contributed by atoms with Crippen molar-refractivity contribution in [1.82, 2.24) is 10.2 Å². The summed E-state index contributed by atoms with van der Waals surface area (Å²) in [7, 11) is 0. The fourth-order valence-corrected chi connectivity index (χ4v) is 3.86. The van der Waals surface area contributed by atoms with Crippen molar-refractivity contribution in [2.45, 2.75) is 44.3 Å². The van der Waals surface area contributed by atoms with Gasteiger partial charge in [0.2, 0.25) is 5.91 Å². The Morgan fingerprint density at radius 2 is 1.73 bits per heavy atom. The van der Waals surface area contributed by atoms with Gasteiger partial charge >= 0.3 is 0 Å². The maximum Gasteiger partial charge on any atom is 0.224 e. The van der Waals surface area contributed by atoms with Crippen molar-refractivity contribution >= 4 is 5.91 Å². The van der Waals surface area contributed by atoms with Crippen LogP contribution in [0.3, 0.4) is 0 Å². The van der Waals surface area contributed by atoms with E-state index in [9.17, 15) is 9.18 Å². The second kappa shape index (κ2) is 7.58. The lowest BCUT2D eigenvalue weighted by Gasteiger charge is -2.39. The van der Waals surface area contributed by atoms with Gasteiger partial charge in [-0.05, 0) is 48.9 Å². The number of benzene rings is 2. The van der Waals surface area contributed by atoms with Crippen molar-refractivity contribution in [2.24, 2.45) is 5.92 Å². The van der Waals surface area contributed by atoms with Gasteiger partial charge in [0.15, 0.2) is 0 Å². The van der Waals surface area contributed by atoms with Gasteiger partial charge in [0.05, 0.1) is 5.92 Å². The van der Waals surface area contributed by atoms with E-state index in [0.29, 0.717) is 12.1 Å². The molecule has 0 radical (unpaired) electrons. The molecule has 3 nitrogen and oxygen atoms in total. The summed E-state index contributed by atoms with van der Waals surface area (Å²) in [6, 6.07) is 17.9. The van der Waals surface area contributed by atoms with Crippen LogP contribution in [0.1, 0.15) is 42.9 Å². The molecule has 26 heavy (non-hydrogen) atoms. The van der Waals surface area contributed by atoms with E-state index in [1.54, 1.807) is 0 Å². The molecule has 2 aromatic carbocycles. The predicted octanol–water partition coefficient (Wildman–Crippen LogP) is 4.06. The van der Waals surface area contributed by atoms with Crippen molar-refractivity contribution in [2.75, 3.05) is 6.54 Å². The van der Waals surface area contributed by atoms with Crippen LogP contribution in [0.4, 0.5) is 4.39 Å². The molecular formula is C22H25FN2O. The van der Waals surface area contributed by atoms with Crippen LogP contribution in [0.2, 0.25) is 0 Å². The average molecular weight is 352 g/mol. The second-order valence-electron chi connectivity index (χ2n) is 7.54. The third kappa shape index (κ3) is 4.13. The zero-order valence-electron chi connectivity index (χ0n) is 14.9. The lowest BCUT2D eigenvalue weighted by atomic mass is 9.88. The van der Waals surface area contributed by atoms with Crippen LogP contribution in [0.5, 0.6) is 0 Å². The van der Waals surface area contributed by atoms with Crippen molar-refractivity contribution < 1.29 is 9.18 Å². The van der Waals surface area contributed by atoms with Crippen LogP contribution in [-0.4, -0.2) is 23.4 Å². The van der Waals surface area contributed by atoms with Gasteiger partial charge in [0.1, 0.15) is 5.82 Å². The fraction of sp³-hybridized carbons (Fsp3) is 0.409. The summed E-state index contributed by atoms with van der Waals surface area (Å²) in [6.45, 7) is 1.47. The topological polar surface area (TPSA) is 32.3 Å². The quantitative estimate of drug-likeness (QED) is 0.880. The van der Waals surface area contributed by atoms with Crippen molar-refractivity contribution in [1.29, 1.82) is 0 Å². The third-order valence-electron chi connectivity index (χ3n) is 5.46. The third-order valence-corrected chi connectivity index (χ3v) is 5.46. The van der Waals surface area contributed by atoms with E-state index in [1.165, 1.54) is 17.7 Å². The second-order valence-corrected chi connectivity index (χ2v) is 7.54. The van der Waals surface area contributed by atoms with E-state index in [1.807, 2.05) is 18.2 Å². The van der Waals surface area contributed by atoms with Gasteiger partial charge < -0.3 is 5.32 Å². The number of carbonyl (C=O) groups is 1. The number of nitrogens with zero attached hydrogens (tertiary/aromatic N) is 1. The van der Waals surface area contributed by atoms with E-state index < -0.39 is 0 Å². The van der Waals surface area contributed by atoms with E-state index in [4.69, 9.17) is 0 Å². The molecule has 0 aromatic heterocycles. The fourth-order valence-electron chi connectivity index (χ4n) is 3.86. The largest absolute Gasteiger partial charge is 0.353 e. The van der Waals surface area contributed by atoms with Gasteiger partial charge in [-0.3, -0.25) is 9.69 Å². The van der Waals surface area contributed by atoms with Crippen LogP contribution < -0.4 is 5.32 Å². The lowest BCUT2D eigenvalue weighted by molar-refractivity contribution is -0.127. The van der Waals surface area contributed by atoms with E-state index in [-0.39, 0.29) is 17.6 Å². The maximum absolute atomic E-state index is 13.2. The highest BCUT2D eigenvalue weighted by atomic mass is 19.1. The number of likely N-dealkylation sites (tertiary alicyclic amines) is 1. The molecule has 2 atom stereocenters. The molecule has 2 aliphatic rings. The van der Waals surface area contributed by atoms with Gasteiger partial charge in [0.25, 0.3) is 0 Å². The predicted molar refractivity (Wildman–Crippen MR) is 99.9 cm³/mol. The Bertz CT molecular complexity index is 742. The number of hydrogen-bond donors (Lipinski definition) is 1. The smallest absolute Gasteiger partial charge is 0.224 e. The Labute approximate surface area is 154 Å². The first-order chi connectivity index (χ1) is 12.7. The molecule has 4 rings (SSSR count). The van der Waals surface area contributed by atoms with Crippen molar-refractivity contribution in [3.8, 4) is 0 Å². The van der Waals surface area contributed by atoms with E-state index in [2.05, 4.69) is 34.5 Å². The minimum absolute atomic E-state index is 0.0380. The molecule has 4 heteroatoms. The Balaban J connectivity index is 1.52. The standard InChI is InChI=1S/C22H25FN2O/c23-19-9-6-16(7-10-19)14-25-15-18(22(26)24-20-11-12-20)8-13-21(25)17-4-2-1-3-5-17/h1-7,9-10,18,20-21H,8,11-15H2,(H,24,26). The zero-order valence-corrected chi connectivity index (χ0v) is 14.9. The summed E-state index contributed by atoms with van der Waals surface area (Å²) < 4.78 is 13.2. The van der Waals surface area contributed by atoms with Crippen LogP contribution in [0, 0.1) is 11.7 Å². The highest BCUT2D eigenvalue weighted by Gasteiger charge is 2.34. The summed E-state index contributed by atoms with van der Waals surface area (Å²) in [6.07, 6.45) is 4.11. The van der Waals surface area contributed by atoms with Crippen LogP contribution in [0.15, 0.2) is 54.6 Å². The van der Waals surface area contributed by atoms with Crippen LogP contribution in [-0.2, 0) is 11.3 Å². The Morgan fingerprint density at radius 1 is 1.00 bits per heavy atom. The summed E-state index contributed by atoms with van der Waals surface area (Å²) >= 11 is 0. The van der Waals surface area contributed by atoms with Crippen LogP contribution in [0.25, 0.3) is 0 Å². The molecule has 1 saturated heterocycles. The Morgan fingerprint density at radius 3 is 2.42 bits per heavy atom. The molecule has 0 bridgehead atoms. The normalized spacial score (nSPS) is 23.6. The monoisotopic (exact) mass is 352 g/mol. The maximum atomic E-state index is 13.2. The first kappa shape index (κ1) is 17.2. The lowest BCUT2D eigenvalue weighted by Crippen LogP contribution is -2.44. The molecule has 0 spiro atoms. The Kier molecular flexibility index (Phi) is 5.02. The Hall–Kier alpha value is -2.20. The molecule has 1 aliphatic heterocycles. The summed E-state index contributed by atoms with van der Waals surface area (Å²) in [5, 5.41) is 3.15. The minimum Gasteiger partial charge on any atom is -0.353 e. The highest BCUT2D eigenvalue weighted by molar-refractivity contribution is 5.79. The summed E-state index contributed by atoms with van der Waals surface area (Å²) in [5.41, 5.74) is 2.37. The van der Waals surface area contributed by atoms with Crippen LogP contribution >= 0.6 is 0 Å². The SMILES string of the molecule is O=C(NC1CC1)C1CCC(c2ccccc2)N(Cc2ccc(F)cc2)C1. The first-order valence-electron chi connectivity index (χ1n) is 9.53. The van der Waals surface area contributed by atoms with Crippen molar-refractivity contribution in [3.05, 3.63) is 71.5 Å². The van der Waals surface area contributed by atoms with Crippen molar-refractivity contribution in [3.63, 3.8) is 0 Å². The molecule has 1 heterocycles.